The van der Waals surface area contributed by atoms with Crippen molar-refractivity contribution in [1.82, 2.24) is 5.32 Å². The molecule has 0 unspecified atom stereocenters. The zero-order chi connectivity index (χ0) is 6.41. The smallest absolute Gasteiger partial charge is 0.239 e. The number of hydrogen-bond acceptors (Lipinski definition) is 3. The first-order valence-corrected chi connectivity index (χ1v) is 2.10. The van der Waals surface area contributed by atoms with E-state index in [0.717, 1.165) is 0 Å². The van der Waals surface area contributed by atoms with Gasteiger partial charge < -0.3 is 14.8 Å². The summed E-state index contributed by atoms with van der Waals surface area (Å²) in [6.07, 6.45) is -0.106. The number of nitrogens with one attached hydrogen (secondary N) is 1. The van der Waals surface area contributed by atoms with Crippen LogP contribution in [0.4, 0.5) is 0 Å². The predicted octanol–water partition coefficient (Wildman–Crippen LogP) is -0.691. The Morgan fingerprint density at radius 2 is 2.00 bits per heavy atom. The number of rotatable bonds is 4. The molecule has 4 heteroatoms. The predicted molar refractivity (Wildman–Crippen MR) is 27.0 cm³/mol. The largest absolute Gasteiger partial charge is 0.339 e. The van der Waals surface area contributed by atoms with Crippen LogP contribution in [0.5, 0.6) is 0 Å². The standard InChI is InChI=1S/C4H9NO3/c1-7-4(8-2)5-3-6/h3-4H,1-2H3,(H,5,6). The van der Waals surface area contributed by atoms with E-state index in [1.54, 1.807) is 0 Å². The molecule has 0 aliphatic carbocycles. The minimum absolute atomic E-state index is 0.512. The lowest BCUT2D eigenvalue weighted by molar-refractivity contribution is -0.139. The van der Waals surface area contributed by atoms with Crippen molar-refractivity contribution in [3.05, 3.63) is 0 Å². The van der Waals surface area contributed by atoms with Gasteiger partial charge in [0.15, 0.2) is 0 Å². The van der Waals surface area contributed by atoms with Gasteiger partial charge in [-0.3, -0.25) is 4.79 Å². The molecule has 1 N–H and O–H groups in total. The third-order valence-corrected chi connectivity index (χ3v) is 0.632. The number of carbonyl (C=O) groups excluding carboxylic acids is 1. The first kappa shape index (κ1) is 7.39. The van der Waals surface area contributed by atoms with Crippen LogP contribution in [0, 0.1) is 0 Å². The van der Waals surface area contributed by atoms with Gasteiger partial charge in [0, 0.05) is 14.2 Å². The fourth-order valence-electron chi connectivity index (χ4n) is 0.288. The van der Waals surface area contributed by atoms with Gasteiger partial charge in [0.05, 0.1) is 0 Å². The molecule has 48 valence electrons. The number of carbonyl (C=O) groups is 1. The van der Waals surface area contributed by atoms with Crippen LogP contribution < -0.4 is 5.32 Å². The van der Waals surface area contributed by atoms with Crippen molar-refractivity contribution in [1.29, 1.82) is 0 Å². The molecule has 0 aromatic rings. The summed E-state index contributed by atoms with van der Waals surface area (Å²) in [6.45, 7) is 0. The Kier molecular flexibility index (Phi) is 4.20. The number of hydrogen-bond donors (Lipinski definition) is 1. The fraction of sp³-hybridized carbons (Fsp3) is 0.750. The average Bonchev–Trinajstić information content (AvgIpc) is 1.83. The molecule has 0 aromatic heterocycles. The molecule has 0 atom stereocenters. The molecule has 1 amide bonds. The summed E-state index contributed by atoms with van der Waals surface area (Å²) in [4.78, 5) is 9.66. The van der Waals surface area contributed by atoms with Gasteiger partial charge in [0.25, 0.3) is 0 Å². The first-order valence-electron chi connectivity index (χ1n) is 2.10. The highest BCUT2D eigenvalue weighted by Gasteiger charge is 1.97. The van der Waals surface area contributed by atoms with Gasteiger partial charge in [-0.05, 0) is 0 Å². The van der Waals surface area contributed by atoms with Gasteiger partial charge in [-0.25, -0.2) is 0 Å². The van der Waals surface area contributed by atoms with Crippen molar-refractivity contribution < 1.29 is 14.3 Å². The van der Waals surface area contributed by atoms with Gasteiger partial charge in [0.1, 0.15) is 0 Å². The second-order valence-corrected chi connectivity index (χ2v) is 1.09. The summed E-state index contributed by atoms with van der Waals surface area (Å²) < 4.78 is 9.15. The molecule has 0 saturated heterocycles. The Morgan fingerprint density at radius 3 is 2.12 bits per heavy atom. The van der Waals surface area contributed by atoms with Crippen LogP contribution in [0.15, 0.2) is 0 Å². The van der Waals surface area contributed by atoms with E-state index in [-0.39, 0.29) is 0 Å². The third-order valence-electron chi connectivity index (χ3n) is 0.632. The van der Waals surface area contributed by atoms with Crippen LogP contribution in [-0.4, -0.2) is 27.0 Å². The van der Waals surface area contributed by atoms with E-state index in [0.29, 0.717) is 6.41 Å². The van der Waals surface area contributed by atoms with Crippen LogP contribution in [0.25, 0.3) is 0 Å². The van der Waals surface area contributed by atoms with Crippen molar-refractivity contribution in [2.75, 3.05) is 14.2 Å². The van der Waals surface area contributed by atoms with Crippen LogP contribution in [0.1, 0.15) is 0 Å². The Morgan fingerprint density at radius 1 is 1.50 bits per heavy atom. The first-order chi connectivity index (χ1) is 3.85. The Labute approximate surface area is 47.8 Å². The highest BCUT2D eigenvalue weighted by Crippen LogP contribution is 1.79. The van der Waals surface area contributed by atoms with Crippen LogP contribution in [-0.2, 0) is 14.3 Å². The normalized spacial score (nSPS) is 9.38. The SMILES string of the molecule is COC(NC=O)OC. The van der Waals surface area contributed by atoms with Crippen LogP contribution in [0.2, 0.25) is 0 Å². The Balaban J connectivity index is 3.20. The molecule has 0 heterocycles. The summed E-state index contributed by atoms with van der Waals surface area (Å²) in [6, 6.07) is 0. The Bertz CT molecular complexity index is 62.3. The van der Waals surface area contributed by atoms with E-state index in [2.05, 4.69) is 14.8 Å². The maximum atomic E-state index is 9.66. The molecule has 0 radical (unpaired) electrons. The van der Waals surface area contributed by atoms with Crippen molar-refractivity contribution >= 4 is 6.41 Å². The molecular weight excluding hydrogens is 110 g/mol. The number of ether oxygens (including phenoxy) is 2. The number of methoxy groups -OCH3 is 2. The molecule has 8 heavy (non-hydrogen) atoms. The molecule has 0 aromatic carbocycles. The molecule has 0 aliphatic heterocycles. The van der Waals surface area contributed by atoms with Crippen molar-refractivity contribution in [3.8, 4) is 0 Å². The van der Waals surface area contributed by atoms with Gasteiger partial charge >= 0.3 is 0 Å². The van der Waals surface area contributed by atoms with Crippen molar-refractivity contribution in [2.45, 2.75) is 6.41 Å². The molecule has 0 bridgehead atoms. The van der Waals surface area contributed by atoms with Gasteiger partial charge in [-0.1, -0.05) is 0 Å². The van der Waals surface area contributed by atoms with E-state index in [4.69, 9.17) is 0 Å². The molecule has 4 nitrogen and oxygen atoms in total. The van der Waals surface area contributed by atoms with Gasteiger partial charge in [-0.15, -0.1) is 0 Å². The fourth-order valence-corrected chi connectivity index (χ4v) is 0.288. The summed E-state index contributed by atoms with van der Waals surface area (Å²) in [5, 5.41) is 2.26. The maximum absolute atomic E-state index is 9.66. The lowest BCUT2D eigenvalue weighted by Gasteiger charge is -2.09. The number of amides is 1. The molecule has 0 aliphatic rings. The highest BCUT2D eigenvalue weighted by atomic mass is 16.7. The van der Waals surface area contributed by atoms with Crippen molar-refractivity contribution in [2.24, 2.45) is 0 Å². The zero-order valence-corrected chi connectivity index (χ0v) is 4.88. The monoisotopic (exact) mass is 119 g/mol. The molecule has 0 spiro atoms. The van der Waals surface area contributed by atoms with Crippen molar-refractivity contribution in [3.63, 3.8) is 0 Å². The summed E-state index contributed by atoms with van der Waals surface area (Å²) in [7, 11) is 2.87. The van der Waals surface area contributed by atoms with E-state index in [1.165, 1.54) is 14.2 Å². The van der Waals surface area contributed by atoms with E-state index in [1.807, 2.05) is 0 Å². The third kappa shape index (κ3) is 2.54. The topological polar surface area (TPSA) is 47.6 Å². The molecule has 0 fully saturated rings. The summed E-state index contributed by atoms with van der Waals surface area (Å²) in [5.41, 5.74) is 0. The average molecular weight is 119 g/mol. The second-order valence-electron chi connectivity index (χ2n) is 1.09. The zero-order valence-electron chi connectivity index (χ0n) is 4.88. The van der Waals surface area contributed by atoms with Crippen LogP contribution >= 0.6 is 0 Å². The minimum Gasteiger partial charge on any atom is -0.339 e. The summed E-state index contributed by atoms with van der Waals surface area (Å²) in [5.74, 6) is 0. The lowest BCUT2D eigenvalue weighted by Crippen LogP contribution is -2.30. The minimum atomic E-state index is -0.618. The lowest BCUT2D eigenvalue weighted by atomic mass is 11.0. The second kappa shape index (κ2) is 4.55. The highest BCUT2D eigenvalue weighted by molar-refractivity contribution is 5.45. The maximum Gasteiger partial charge on any atom is 0.239 e. The quantitative estimate of drug-likeness (QED) is 0.393. The molecule has 0 saturated carbocycles. The summed E-state index contributed by atoms with van der Waals surface area (Å²) >= 11 is 0. The van der Waals surface area contributed by atoms with Crippen LogP contribution in [0.3, 0.4) is 0 Å². The molecular formula is C4H9NO3. The molecule has 0 rings (SSSR count). The van der Waals surface area contributed by atoms with Gasteiger partial charge in [0.2, 0.25) is 12.8 Å². The Hall–Kier alpha value is -0.610. The van der Waals surface area contributed by atoms with E-state index >= 15 is 0 Å². The van der Waals surface area contributed by atoms with E-state index < -0.39 is 6.41 Å². The van der Waals surface area contributed by atoms with Gasteiger partial charge in [-0.2, -0.15) is 0 Å². The van der Waals surface area contributed by atoms with E-state index in [9.17, 15) is 4.79 Å².